The van der Waals surface area contributed by atoms with Gasteiger partial charge in [0.2, 0.25) is 0 Å². The highest BCUT2D eigenvalue weighted by Crippen LogP contribution is 2.38. The van der Waals surface area contributed by atoms with Crippen LogP contribution in [0.5, 0.6) is 11.5 Å². The summed E-state index contributed by atoms with van der Waals surface area (Å²) in [5.41, 5.74) is 8.20. The number of rotatable bonds is 7. The van der Waals surface area contributed by atoms with E-state index in [1.54, 1.807) is 29.4 Å². The second kappa shape index (κ2) is 9.17. The zero-order valence-corrected chi connectivity index (χ0v) is 17.5. The van der Waals surface area contributed by atoms with Gasteiger partial charge in [0.15, 0.2) is 14.6 Å². The Kier molecular flexibility index (Phi) is 6.84. The molecule has 3 rings (SSSR count). The number of hydroxylamine groups is 1. The van der Waals surface area contributed by atoms with Gasteiger partial charge in [-0.15, -0.1) is 0 Å². The lowest BCUT2D eigenvalue weighted by Crippen LogP contribution is -2.53. The largest absolute Gasteiger partial charge is 0.457 e. The van der Waals surface area contributed by atoms with E-state index in [4.69, 9.17) is 15.7 Å². The van der Waals surface area contributed by atoms with Crippen molar-refractivity contribution >= 4 is 27.5 Å². The molecule has 1 aliphatic heterocycles. The second-order valence-corrected chi connectivity index (χ2v) is 10.3. The van der Waals surface area contributed by atoms with Crippen LogP contribution < -0.4 is 16.0 Å². The third-order valence-corrected chi connectivity index (χ3v) is 8.56. The Morgan fingerprint density at radius 3 is 2.14 bits per heavy atom. The van der Waals surface area contributed by atoms with Crippen molar-refractivity contribution in [2.24, 2.45) is 5.73 Å². The standard InChI is InChI=1S/C20H24N2O5S2/c21-12-9-15-1-3-16(4-2-15)27-17-5-7-18(8-6-17)29(25,26)20(19(23)22-24)10-13-28-14-11-20/h1-8,24H,9-14,21H2,(H,22,23). The Balaban J connectivity index is 1.81. The number of nitrogens with two attached hydrogens (primary N) is 1. The van der Waals surface area contributed by atoms with Crippen molar-refractivity contribution in [3.05, 3.63) is 54.1 Å². The van der Waals surface area contributed by atoms with Gasteiger partial charge in [0.25, 0.3) is 5.91 Å². The van der Waals surface area contributed by atoms with Crippen molar-refractivity contribution in [2.45, 2.75) is 28.9 Å². The number of hydrogen-bond donors (Lipinski definition) is 3. The number of carbonyl (C=O) groups excluding carboxylic acids is 1. The minimum Gasteiger partial charge on any atom is -0.457 e. The summed E-state index contributed by atoms with van der Waals surface area (Å²) >= 11 is 1.59. The quantitative estimate of drug-likeness (QED) is 0.451. The second-order valence-electron chi connectivity index (χ2n) is 6.81. The van der Waals surface area contributed by atoms with E-state index in [1.165, 1.54) is 12.1 Å². The van der Waals surface area contributed by atoms with E-state index in [9.17, 15) is 13.2 Å². The number of benzene rings is 2. The van der Waals surface area contributed by atoms with Gasteiger partial charge < -0.3 is 10.5 Å². The lowest BCUT2D eigenvalue weighted by molar-refractivity contribution is -0.132. The normalized spacial score (nSPS) is 16.2. The van der Waals surface area contributed by atoms with Crippen LogP contribution >= 0.6 is 11.8 Å². The Bertz CT molecular complexity index is 938. The predicted molar refractivity (Wildman–Crippen MR) is 112 cm³/mol. The lowest BCUT2D eigenvalue weighted by Gasteiger charge is -2.34. The van der Waals surface area contributed by atoms with Crippen molar-refractivity contribution in [2.75, 3.05) is 18.1 Å². The maximum Gasteiger partial charge on any atom is 0.265 e. The Hall–Kier alpha value is -2.07. The lowest BCUT2D eigenvalue weighted by atomic mass is 10.0. The summed E-state index contributed by atoms with van der Waals surface area (Å²) in [6.45, 7) is 0.574. The summed E-state index contributed by atoms with van der Waals surface area (Å²) in [6.07, 6.45) is 1.09. The molecule has 1 amide bonds. The molecule has 2 aromatic carbocycles. The van der Waals surface area contributed by atoms with Crippen LogP contribution in [-0.2, 0) is 21.1 Å². The van der Waals surface area contributed by atoms with Gasteiger partial charge in [-0.05, 0) is 79.3 Å². The molecule has 1 aliphatic rings. The number of nitrogens with one attached hydrogen (secondary N) is 1. The van der Waals surface area contributed by atoms with Gasteiger partial charge in [-0.1, -0.05) is 12.1 Å². The molecule has 7 nitrogen and oxygen atoms in total. The van der Waals surface area contributed by atoms with Gasteiger partial charge in [0, 0.05) is 0 Å². The first-order chi connectivity index (χ1) is 13.9. The zero-order valence-electron chi connectivity index (χ0n) is 15.8. The molecule has 0 unspecified atom stereocenters. The SMILES string of the molecule is NCCc1ccc(Oc2ccc(S(=O)(=O)C3(C(=O)NO)CCSCC3)cc2)cc1. The fourth-order valence-corrected chi connectivity index (χ4v) is 6.79. The van der Waals surface area contributed by atoms with Crippen LogP contribution in [0.15, 0.2) is 53.4 Å². The van der Waals surface area contributed by atoms with Crippen LogP contribution in [0, 0.1) is 0 Å². The predicted octanol–water partition coefficient (Wildman–Crippen LogP) is 2.53. The first-order valence-electron chi connectivity index (χ1n) is 9.27. The van der Waals surface area contributed by atoms with Crippen molar-refractivity contribution in [3.8, 4) is 11.5 Å². The molecule has 0 bridgehead atoms. The van der Waals surface area contributed by atoms with E-state index in [0.717, 1.165) is 12.0 Å². The maximum absolute atomic E-state index is 13.2. The average molecular weight is 437 g/mol. The molecule has 4 N–H and O–H groups in total. The number of thioether (sulfide) groups is 1. The van der Waals surface area contributed by atoms with E-state index in [-0.39, 0.29) is 17.7 Å². The van der Waals surface area contributed by atoms with Gasteiger partial charge in [-0.3, -0.25) is 10.0 Å². The molecule has 156 valence electrons. The molecule has 1 saturated heterocycles. The summed E-state index contributed by atoms with van der Waals surface area (Å²) in [6, 6.07) is 13.5. The van der Waals surface area contributed by atoms with Crippen molar-refractivity contribution in [3.63, 3.8) is 0 Å². The third-order valence-electron chi connectivity index (χ3n) is 5.06. The molecule has 0 radical (unpaired) electrons. The Labute approximate surface area is 174 Å². The van der Waals surface area contributed by atoms with Crippen molar-refractivity contribution in [1.82, 2.24) is 5.48 Å². The molecule has 9 heteroatoms. The smallest absolute Gasteiger partial charge is 0.265 e. The topological polar surface area (TPSA) is 119 Å². The van der Waals surface area contributed by atoms with Crippen LogP contribution in [0.3, 0.4) is 0 Å². The Morgan fingerprint density at radius 1 is 1.07 bits per heavy atom. The number of amides is 1. The van der Waals surface area contributed by atoms with Crippen LogP contribution in [0.25, 0.3) is 0 Å². The maximum atomic E-state index is 13.2. The van der Waals surface area contributed by atoms with Crippen LogP contribution in [0.1, 0.15) is 18.4 Å². The van der Waals surface area contributed by atoms with Crippen molar-refractivity contribution in [1.29, 1.82) is 0 Å². The monoisotopic (exact) mass is 436 g/mol. The highest BCUT2D eigenvalue weighted by Gasteiger charge is 2.51. The molecule has 0 atom stereocenters. The number of sulfone groups is 1. The van der Waals surface area contributed by atoms with E-state index in [2.05, 4.69) is 0 Å². The average Bonchev–Trinajstić information content (AvgIpc) is 2.75. The minimum atomic E-state index is -3.99. The van der Waals surface area contributed by atoms with Crippen molar-refractivity contribution < 1.29 is 23.2 Å². The summed E-state index contributed by atoms with van der Waals surface area (Å²) in [7, 11) is -3.99. The first kappa shape index (κ1) is 21.6. The molecule has 0 spiro atoms. The summed E-state index contributed by atoms with van der Waals surface area (Å²) in [5.74, 6) is 1.30. The minimum absolute atomic E-state index is 0.0265. The molecule has 1 fully saturated rings. The summed E-state index contributed by atoms with van der Waals surface area (Å²) in [5, 5.41) is 9.13. The molecular weight excluding hydrogens is 412 g/mol. The number of carbonyl (C=O) groups is 1. The molecule has 0 aliphatic carbocycles. The van der Waals surface area contributed by atoms with Gasteiger partial charge in [0.1, 0.15) is 11.5 Å². The molecule has 1 heterocycles. The zero-order chi connectivity index (χ0) is 20.9. The highest BCUT2D eigenvalue weighted by molar-refractivity contribution is 7.99. The molecule has 0 aromatic heterocycles. The van der Waals surface area contributed by atoms with E-state index in [1.807, 2.05) is 24.3 Å². The third kappa shape index (κ3) is 4.42. The van der Waals surface area contributed by atoms with Crippen LogP contribution in [0.2, 0.25) is 0 Å². The van der Waals surface area contributed by atoms with Crippen LogP contribution in [0.4, 0.5) is 0 Å². The molecule has 2 aromatic rings. The number of hydrogen-bond acceptors (Lipinski definition) is 7. The molecular formula is C20H24N2O5S2. The van der Waals surface area contributed by atoms with Gasteiger partial charge >= 0.3 is 0 Å². The highest BCUT2D eigenvalue weighted by atomic mass is 32.2. The van der Waals surface area contributed by atoms with Crippen LogP contribution in [-0.4, -0.2) is 42.3 Å². The summed E-state index contributed by atoms with van der Waals surface area (Å²) < 4.78 is 30.6. The van der Waals surface area contributed by atoms with E-state index >= 15 is 0 Å². The molecule has 29 heavy (non-hydrogen) atoms. The summed E-state index contributed by atoms with van der Waals surface area (Å²) in [4.78, 5) is 12.3. The Morgan fingerprint density at radius 2 is 1.62 bits per heavy atom. The fourth-order valence-electron chi connectivity index (χ4n) is 3.36. The van der Waals surface area contributed by atoms with Gasteiger partial charge in [-0.25, -0.2) is 13.9 Å². The fraction of sp³-hybridized carbons (Fsp3) is 0.350. The van der Waals surface area contributed by atoms with Gasteiger partial charge in [-0.2, -0.15) is 11.8 Å². The van der Waals surface area contributed by atoms with E-state index < -0.39 is 20.5 Å². The van der Waals surface area contributed by atoms with E-state index in [0.29, 0.717) is 29.5 Å². The first-order valence-corrected chi connectivity index (χ1v) is 11.9. The van der Waals surface area contributed by atoms with Gasteiger partial charge in [0.05, 0.1) is 4.90 Å². The molecule has 0 saturated carbocycles. The number of ether oxygens (including phenoxy) is 1.